The molecule has 0 radical (unpaired) electrons. The number of anilines is 1. The SMILES string of the molecule is C[C@@H](C(=O)Nc1ccccc1F)N1CCN(C/C=C/c2ccccc2)CC1. The van der Waals surface area contributed by atoms with Gasteiger partial charge >= 0.3 is 0 Å². The molecule has 0 saturated carbocycles. The van der Waals surface area contributed by atoms with Gasteiger partial charge in [-0.15, -0.1) is 0 Å². The summed E-state index contributed by atoms with van der Waals surface area (Å²) >= 11 is 0. The maximum atomic E-state index is 13.7. The van der Waals surface area contributed by atoms with Gasteiger partial charge in [0, 0.05) is 32.7 Å². The molecule has 5 heteroatoms. The highest BCUT2D eigenvalue weighted by Gasteiger charge is 2.25. The molecule has 1 heterocycles. The molecule has 1 aliphatic heterocycles. The van der Waals surface area contributed by atoms with Crippen molar-refractivity contribution in [3.05, 3.63) is 72.1 Å². The molecular formula is C22H26FN3O. The Morgan fingerprint density at radius 1 is 1.07 bits per heavy atom. The summed E-state index contributed by atoms with van der Waals surface area (Å²) in [4.78, 5) is 16.9. The summed E-state index contributed by atoms with van der Waals surface area (Å²) in [6.07, 6.45) is 4.32. The second-order valence-corrected chi connectivity index (χ2v) is 6.79. The minimum Gasteiger partial charge on any atom is -0.322 e. The molecular weight excluding hydrogens is 341 g/mol. The van der Waals surface area contributed by atoms with E-state index in [-0.39, 0.29) is 17.6 Å². The smallest absolute Gasteiger partial charge is 0.241 e. The fraction of sp³-hybridized carbons (Fsp3) is 0.318. The number of para-hydroxylation sites is 1. The van der Waals surface area contributed by atoms with Crippen molar-refractivity contribution in [2.24, 2.45) is 0 Å². The van der Waals surface area contributed by atoms with Crippen molar-refractivity contribution >= 4 is 17.7 Å². The highest BCUT2D eigenvalue weighted by atomic mass is 19.1. The Balaban J connectivity index is 1.45. The summed E-state index contributed by atoms with van der Waals surface area (Å²) in [5.74, 6) is -0.578. The van der Waals surface area contributed by atoms with E-state index in [4.69, 9.17) is 0 Å². The van der Waals surface area contributed by atoms with Crippen LogP contribution in [0.1, 0.15) is 12.5 Å². The average molecular weight is 367 g/mol. The Bertz CT molecular complexity index is 770. The van der Waals surface area contributed by atoms with E-state index in [1.807, 2.05) is 25.1 Å². The van der Waals surface area contributed by atoms with E-state index in [0.717, 1.165) is 32.7 Å². The second-order valence-electron chi connectivity index (χ2n) is 6.79. The van der Waals surface area contributed by atoms with E-state index in [2.05, 4.69) is 39.4 Å². The zero-order valence-corrected chi connectivity index (χ0v) is 15.6. The number of amides is 1. The fourth-order valence-corrected chi connectivity index (χ4v) is 3.20. The number of hydrogen-bond donors (Lipinski definition) is 1. The lowest BCUT2D eigenvalue weighted by Crippen LogP contribution is -2.52. The van der Waals surface area contributed by atoms with Gasteiger partial charge in [0.1, 0.15) is 5.82 Å². The maximum absolute atomic E-state index is 13.7. The van der Waals surface area contributed by atoms with Crippen molar-refractivity contribution < 1.29 is 9.18 Å². The zero-order chi connectivity index (χ0) is 19.1. The third-order valence-electron chi connectivity index (χ3n) is 4.94. The van der Waals surface area contributed by atoms with Gasteiger partial charge in [0.2, 0.25) is 5.91 Å². The number of hydrogen-bond acceptors (Lipinski definition) is 3. The van der Waals surface area contributed by atoms with Crippen LogP contribution in [0, 0.1) is 5.82 Å². The van der Waals surface area contributed by atoms with E-state index in [9.17, 15) is 9.18 Å². The highest BCUT2D eigenvalue weighted by Crippen LogP contribution is 2.14. The first-order valence-corrected chi connectivity index (χ1v) is 9.37. The van der Waals surface area contributed by atoms with Crippen LogP contribution in [0.25, 0.3) is 6.08 Å². The average Bonchev–Trinajstić information content (AvgIpc) is 2.70. The number of nitrogens with zero attached hydrogens (tertiary/aromatic N) is 2. The summed E-state index contributed by atoms with van der Waals surface area (Å²) in [6.45, 7) is 6.25. The van der Waals surface area contributed by atoms with Crippen molar-refractivity contribution in [1.82, 2.24) is 9.80 Å². The Morgan fingerprint density at radius 3 is 2.44 bits per heavy atom. The third-order valence-corrected chi connectivity index (χ3v) is 4.94. The first-order chi connectivity index (χ1) is 13.1. The molecule has 27 heavy (non-hydrogen) atoms. The van der Waals surface area contributed by atoms with Crippen molar-refractivity contribution in [2.75, 3.05) is 38.0 Å². The Hall–Kier alpha value is -2.50. The molecule has 1 N–H and O–H groups in total. The molecule has 0 spiro atoms. The minimum atomic E-state index is -0.409. The van der Waals surface area contributed by atoms with Crippen LogP contribution in [0.15, 0.2) is 60.7 Å². The number of piperazine rings is 1. The molecule has 1 saturated heterocycles. The van der Waals surface area contributed by atoms with E-state index in [1.54, 1.807) is 18.2 Å². The van der Waals surface area contributed by atoms with Gasteiger partial charge in [-0.3, -0.25) is 14.6 Å². The van der Waals surface area contributed by atoms with Crippen LogP contribution in [-0.4, -0.2) is 54.5 Å². The molecule has 0 unspecified atom stereocenters. The van der Waals surface area contributed by atoms with E-state index < -0.39 is 5.82 Å². The topological polar surface area (TPSA) is 35.6 Å². The maximum Gasteiger partial charge on any atom is 0.241 e. The number of halogens is 1. The summed E-state index contributed by atoms with van der Waals surface area (Å²) in [7, 11) is 0. The van der Waals surface area contributed by atoms with Crippen LogP contribution in [0.3, 0.4) is 0 Å². The van der Waals surface area contributed by atoms with Crippen LogP contribution in [0.2, 0.25) is 0 Å². The summed E-state index contributed by atoms with van der Waals surface area (Å²) in [6, 6.07) is 16.2. The standard InChI is InChI=1S/C22H26FN3O/c1-18(22(27)24-21-12-6-5-11-20(21)23)26-16-14-25(15-17-26)13-7-10-19-8-3-2-4-9-19/h2-12,18H,13-17H2,1H3,(H,24,27)/b10-7+/t18-/m0/s1. The van der Waals surface area contributed by atoms with E-state index >= 15 is 0 Å². The van der Waals surface area contributed by atoms with Crippen LogP contribution in [0.5, 0.6) is 0 Å². The molecule has 2 aromatic carbocycles. The number of carbonyl (C=O) groups excluding carboxylic acids is 1. The normalized spacial score (nSPS) is 17.1. The number of rotatable bonds is 6. The van der Waals surface area contributed by atoms with Gasteiger partial charge in [0.05, 0.1) is 11.7 Å². The van der Waals surface area contributed by atoms with Crippen molar-refractivity contribution in [2.45, 2.75) is 13.0 Å². The second kappa shape index (κ2) is 9.44. The largest absolute Gasteiger partial charge is 0.322 e. The van der Waals surface area contributed by atoms with Gasteiger partial charge < -0.3 is 5.32 Å². The highest BCUT2D eigenvalue weighted by molar-refractivity contribution is 5.94. The predicted molar refractivity (Wildman–Crippen MR) is 108 cm³/mol. The lowest BCUT2D eigenvalue weighted by atomic mass is 10.2. The first kappa shape index (κ1) is 19.3. The molecule has 142 valence electrons. The predicted octanol–water partition coefficient (Wildman–Crippen LogP) is 3.48. The van der Waals surface area contributed by atoms with Crippen LogP contribution in [-0.2, 0) is 4.79 Å². The van der Waals surface area contributed by atoms with Gasteiger partial charge in [-0.05, 0) is 24.6 Å². The molecule has 4 nitrogen and oxygen atoms in total. The lowest BCUT2D eigenvalue weighted by Gasteiger charge is -2.37. The van der Waals surface area contributed by atoms with Crippen molar-refractivity contribution in [3.63, 3.8) is 0 Å². The molecule has 1 amide bonds. The van der Waals surface area contributed by atoms with Gasteiger partial charge in [0.25, 0.3) is 0 Å². The number of nitrogens with one attached hydrogen (secondary N) is 1. The van der Waals surface area contributed by atoms with Gasteiger partial charge in [0.15, 0.2) is 0 Å². The van der Waals surface area contributed by atoms with Gasteiger partial charge in [-0.25, -0.2) is 4.39 Å². The quantitative estimate of drug-likeness (QED) is 0.849. The molecule has 0 aliphatic carbocycles. The van der Waals surface area contributed by atoms with Gasteiger partial charge in [-0.1, -0.05) is 54.6 Å². The Kier molecular flexibility index (Phi) is 6.74. The molecule has 1 aliphatic rings. The third kappa shape index (κ3) is 5.49. The molecule has 0 bridgehead atoms. The summed E-state index contributed by atoms with van der Waals surface area (Å²) < 4.78 is 13.7. The monoisotopic (exact) mass is 367 g/mol. The van der Waals surface area contributed by atoms with Gasteiger partial charge in [-0.2, -0.15) is 0 Å². The van der Waals surface area contributed by atoms with Crippen LogP contribution >= 0.6 is 0 Å². The van der Waals surface area contributed by atoms with Crippen LogP contribution in [0.4, 0.5) is 10.1 Å². The Morgan fingerprint density at radius 2 is 1.74 bits per heavy atom. The van der Waals surface area contributed by atoms with Crippen LogP contribution < -0.4 is 5.32 Å². The first-order valence-electron chi connectivity index (χ1n) is 9.37. The minimum absolute atomic E-state index is 0.169. The molecule has 2 aromatic rings. The van der Waals surface area contributed by atoms with Crippen molar-refractivity contribution in [3.8, 4) is 0 Å². The molecule has 0 aromatic heterocycles. The summed E-state index contributed by atoms with van der Waals surface area (Å²) in [5.41, 5.74) is 1.44. The summed E-state index contributed by atoms with van der Waals surface area (Å²) in [5, 5.41) is 2.69. The fourth-order valence-electron chi connectivity index (χ4n) is 3.20. The van der Waals surface area contributed by atoms with E-state index in [0.29, 0.717) is 0 Å². The van der Waals surface area contributed by atoms with E-state index in [1.165, 1.54) is 11.6 Å². The molecule has 3 rings (SSSR count). The molecule has 1 atom stereocenters. The number of benzene rings is 2. The molecule has 1 fully saturated rings. The zero-order valence-electron chi connectivity index (χ0n) is 15.6. The van der Waals surface area contributed by atoms with Crippen molar-refractivity contribution in [1.29, 1.82) is 0 Å². The Labute approximate surface area is 160 Å². The lowest BCUT2D eigenvalue weighted by molar-refractivity contribution is -0.121. The number of carbonyl (C=O) groups is 1.